The molecule has 1 aromatic heterocycles. The Balaban J connectivity index is 2.26. The number of aliphatic hydroxyl groups excluding tert-OH is 1. The second-order valence-electron chi connectivity index (χ2n) is 4.16. The predicted octanol–water partition coefficient (Wildman–Crippen LogP) is 0.610. The summed E-state index contributed by atoms with van der Waals surface area (Å²) in [6, 6.07) is 6.54. The van der Waals surface area contributed by atoms with Crippen LogP contribution in [0.4, 0.5) is 0 Å². The highest BCUT2D eigenvalue weighted by Gasteiger charge is 2.15. The number of nitrogens with zero attached hydrogens (tertiary/aromatic N) is 2. The van der Waals surface area contributed by atoms with Gasteiger partial charge in [0, 0.05) is 30.4 Å². The number of aryl methyl sites for hydroxylation is 1. The van der Waals surface area contributed by atoms with Crippen LogP contribution >= 0.6 is 0 Å². The zero-order valence-electron chi connectivity index (χ0n) is 10.9. The molecule has 0 fully saturated rings. The molecule has 7 heteroatoms. The van der Waals surface area contributed by atoms with Crippen molar-refractivity contribution < 1.29 is 19.8 Å². The molecular weight excluding hydrogens is 262 g/mol. The molecule has 0 spiro atoms. The number of carbonyl (C=O) groups is 1. The second kappa shape index (κ2) is 6.18. The van der Waals surface area contributed by atoms with Gasteiger partial charge in [-0.15, -0.1) is 5.10 Å². The molecule has 1 amide bonds. The van der Waals surface area contributed by atoms with E-state index < -0.39 is 5.91 Å². The molecule has 3 N–H and O–H groups in total. The van der Waals surface area contributed by atoms with Crippen LogP contribution < -0.4 is 10.2 Å². The van der Waals surface area contributed by atoms with Crippen molar-refractivity contribution in [1.82, 2.24) is 15.3 Å². The molecule has 1 heterocycles. The summed E-state index contributed by atoms with van der Waals surface area (Å²) in [5.74, 6) is -0.240. The highest BCUT2D eigenvalue weighted by molar-refractivity contribution is 5.95. The van der Waals surface area contributed by atoms with Crippen LogP contribution in [0.15, 0.2) is 30.5 Å². The molecule has 0 bridgehead atoms. The van der Waals surface area contributed by atoms with Gasteiger partial charge in [0.2, 0.25) is 5.88 Å². The average molecular weight is 277 g/mol. The standard InChI is InChI=1S/C13H15N3O4/c1-16-6-5-12(14-16)20-8-11-9(7-17)3-2-4-10(11)13(18)15-19/h2-6,17,19H,7-8H2,1H3,(H,15,18). The summed E-state index contributed by atoms with van der Waals surface area (Å²) in [6.45, 7) is -0.163. The van der Waals surface area contributed by atoms with Crippen molar-refractivity contribution in [2.24, 2.45) is 7.05 Å². The molecule has 20 heavy (non-hydrogen) atoms. The van der Waals surface area contributed by atoms with Crippen molar-refractivity contribution in [3.05, 3.63) is 47.2 Å². The van der Waals surface area contributed by atoms with Gasteiger partial charge < -0.3 is 9.84 Å². The summed E-state index contributed by atoms with van der Waals surface area (Å²) in [7, 11) is 1.76. The number of amides is 1. The van der Waals surface area contributed by atoms with Crippen LogP contribution in [0, 0.1) is 0 Å². The van der Waals surface area contributed by atoms with Gasteiger partial charge in [-0.1, -0.05) is 12.1 Å². The predicted molar refractivity (Wildman–Crippen MR) is 69.2 cm³/mol. The SMILES string of the molecule is Cn1ccc(OCc2c(CO)cccc2C(=O)NO)n1. The summed E-state index contributed by atoms with van der Waals surface area (Å²) in [4.78, 5) is 11.6. The summed E-state index contributed by atoms with van der Waals surface area (Å²) in [6.07, 6.45) is 1.73. The van der Waals surface area contributed by atoms with Gasteiger partial charge >= 0.3 is 0 Å². The van der Waals surface area contributed by atoms with Crippen LogP contribution in [-0.4, -0.2) is 26.0 Å². The number of hydroxylamine groups is 1. The normalized spacial score (nSPS) is 10.3. The number of hydrogen-bond acceptors (Lipinski definition) is 5. The van der Waals surface area contributed by atoms with Gasteiger partial charge in [-0.2, -0.15) is 0 Å². The Hall–Kier alpha value is -2.38. The molecular formula is C13H15N3O4. The summed E-state index contributed by atoms with van der Waals surface area (Å²) in [5, 5.41) is 22.1. The Morgan fingerprint density at radius 1 is 1.45 bits per heavy atom. The van der Waals surface area contributed by atoms with Crippen molar-refractivity contribution in [3.8, 4) is 5.88 Å². The lowest BCUT2D eigenvalue weighted by Crippen LogP contribution is -2.21. The van der Waals surface area contributed by atoms with Gasteiger partial charge in [0.05, 0.1) is 6.61 Å². The number of aliphatic hydroxyl groups is 1. The van der Waals surface area contributed by atoms with Gasteiger partial charge in [-0.3, -0.25) is 14.7 Å². The number of nitrogens with one attached hydrogen (secondary N) is 1. The Morgan fingerprint density at radius 2 is 2.25 bits per heavy atom. The Labute approximate surface area is 115 Å². The molecule has 0 aliphatic carbocycles. The van der Waals surface area contributed by atoms with Gasteiger partial charge in [-0.25, -0.2) is 5.48 Å². The molecule has 0 aliphatic heterocycles. The second-order valence-corrected chi connectivity index (χ2v) is 4.16. The Bertz CT molecular complexity index is 609. The first-order valence-electron chi connectivity index (χ1n) is 5.94. The Kier molecular flexibility index (Phi) is 4.34. The minimum atomic E-state index is -0.653. The third kappa shape index (κ3) is 2.95. The lowest BCUT2D eigenvalue weighted by Gasteiger charge is -2.12. The third-order valence-corrected chi connectivity index (χ3v) is 2.84. The van der Waals surface area contributed by atoms with Crippen molar-refractivity contribution in [2.75, 3.05) is 0 Å². The fraction of sp³-hybridized carbons (Fsp3) is 0.231. The molecule has 0 unspecified atom stereocenters. The van der Waals surface area contributed by atoms with Crippen LogP contribution in [0.2, 0.25) is 0 Å². The van der Waals surface area contributed by atoms with Crippen LogP contribution in [0.1, 0.15) is 21.5 Å². The number of hydrogen-bond donors (Lipinski definition) is 3. The average Bonchev–Trinajstić information content (AvgIpc) is 2.89. The van der Waals surface area contributed by atoms with Crippen LogP contribution in [0.5, 0.6) is 5.88 Å². The first-order valence-corrected chi connectivity index (χ1v) is 5.94. The Morgan fingerprint density at radius 3 is 2.85 bits per heavy atom. The van der Waals surface area contributed by atoms with Gasteiger partial charge in [0.25, 0.3) is 5.91 Å². The monoisotopic (exact) mass is 277 g/mol. The maximum atomic E-state index is 11.6. The maximum Gasteiger partial charge on any atom is 0.275 e. The quantitative estimate of drug-likeness (QED) is 0.549. The van der Waals surface area contributed by atoms with Crippen LogP contribution in [0.25, 0.3) is 0 Å². The molecule has 106 valence electrons. The van der Waals surface area contributed by atoms with Crippen molar-refractivity contribution in [3.63, 3.8) is 0 Å². The van der Waals surface area contributed by atoms with Gasteiger partial charge in [0.15, 0.2) is 0 Å². The van der Waals surface area contributed by atoms with E-state index in [4.69, 9.17) is 9.94 Å². The summed E-state index contributed by atoms with van der Waals surface area (Å²) in [5.41, 5.74) is 2.89. The molecule has 0 aliphatic rings. The highest BCUT2D eigenvalue weighted by atomic mass is 16.5. The lowest BCUT2D eigenvalue weighted by molar-refractivity contribution is 0.0703. The topological polar surface area (TPSA) is 96.6 Å². The summed E-state index contributed by atoms with van der Waals surface area (Å²) < 4.78 is 7.08. The number of carbonyl (C=O) groups excluding carboxylic acids is 1. The van der Waals surface area contributed by atoms with E-state index in [1.807, 2.05) is 0 Å². The number of benzene rings is 1. The van der Waals surface area contributed by atoms with E-state index >= 15 is 0 Å². The van der Waals surface area contributed by atoms with Crippen LogP contribution in [-0.2, 0) is 20.3 Å². The fourth-order valence-corrected chi connectivity index (χ4v) is 1.84. The van der Waals surface area contributed by atoms with Crippen LogP contribution in [0.3, 0.4) is 0 Å². The molecule has 0 radical (unpaired) electrons. The van der Waals surface area contributed by atoms with Crippen molar-refractivity contribution in [2.45, 2.75) is 13.2 Å². The highest BCUT2D eigenvalue weighted by Crippen LogP contribution is 2.18. The molecule has 0 saturated carbocycles. The molecule has 1 aromatic carbocycles. The number of aromatic nitrogens is 2. The zero-order chi connectivity index (χ0) is 14.5. The molecule has 0 atom stereocenters. The van der Waals surface area contributed by atoms with E-state index in [1.165, 1.54) is 0 Å². The van der Waals surface area contributed by atoms with Crippen molar-refractivity contribution in [1.29, 1.82) is 0 Å². The first-order chi connectivity index (χ1) is 9.65. The zero-order valence-corrected chi connectivity index (χ0v) is 10.9. The van der Waals surface area contributed by atoms with E-state index in [0.29, 0.717) is 17.0 Å². The number of rotatable bonds is 5. The first kappa shape index (κ1) is 14.0. The fourth-order valence-electron chi connectivity index (χ4n) is 1.84. The maximum absolute atomic E-state index is 11.6. The largest absolute Gasteiger partial charge is 0.472 e. The molecule has 2 aromatic rings. The van der Waals surface area contributed by atoms with Crippen molar-refractivity contribution >= 4 is 5.91 Å². The van der Waals surface area contributed by atoms with E-state index in [2.05, 4.69) is 5.10 Å². The minimum Gasteiger partial charge on any atom is -0.472 e. The molecule has 0 saturated heterocycles. The van der Waals surface area contributed by atoms with E-state index in [-0.39, 0.29) is 18.8 Å². The van der Waals surface area contributed by atoms with E-state index in [0.717, 1.165) is 0 Å². The van der Waals surface area contributed by atoms with Gasteiger partial charge in [0.1, 0.15) is 6.61 Å². The van der Waals surface area contributed by atoms with Gasteiger partial charge in [-0.05, 0) is 11.6 Å². The van der Waals surface area contributed by atoms with E-state index in [9.17, 15) is 9.90 Å². The third-order valence-electron chi connectivity index (χ3n) is 2.84. The lowest BCUT2D eigenvalue weighted by atomic mass is 10.0. The minimum absolute atomic E-state index is 0.0660. The van der Waals surface area contributed by atoms with E-state index in [1.54, 1.807) is 47.7 Å². The summed E-state index contributed by atoms with van der Waals surface area (Å²) >= 11 is 0. The molecule has 2 rings (SSSR count). The molecule has 7 nitrogen and oxygen atoms in total. The number of ether oxygens (including phenoxy) is 1. The smallest absolute Gasteiger partial charge is 0.275 e.